The predicted molar refractivity (Wildman–Crippen MR) is 150 cm³/mol. The Balaban J connectivity index is 1.59. The molecule has 0 heterocycles. The molecule has 0 bridgehead atoms. The quantitative estimate of drug-likeness (QED) is 0.290. The van der Waals surface area contributed by atoms with E-state index >= 15 is 0 Å². The molecule has 0 fully saturated rings. The number of carbonyl (C=O) groups excluding carboxylic acids is 3. The first-order valence-electron chi connectivity index (χ1n) is 12.1. The fourth-order valence-electron chi connectivity index (χ4n) is 3.93. The van der Waals surface area contributed by atoms with Gasteiger partial charge in [-0.05, 0) is 60.2 Å². The molecule has 4 rings (SSSR count). The summed E-state index contributed by atoms with van der Waals surface area (Å²) in [6.45, 7) is 0.0246. The number of esters is 2. The molecule has 4 aromatic rings. The molecule has 4 aromatic carbocycles. The van der Waals surface area contributed by atoms with Gasteiger partial charge in [0, 0.05) is 5.56 Å². The molecule has 9 nitrogen and oxygen atoms in total. The van der Waals surface area contributed by atoms with Gasteiger partial charge in [-0.15, -0.1) is 0 Å². The Kier molecular flexibility index (Phi) is 8.60. The van der Waals surface area contributed by atoms with Gasteiger partial charge in [0.1, 0.15) is 0 Å². The Hall–Kier alpha value is -4.96. The zero-order valence-corrected chi connectivity index (χ0v) is 22.6. The smallest absolute Gasteiger partial charge is 0.339 e. The van der Waals surface area contributed by atoms with Crippen molar-refractivity contribution >= 4 is 39.2 Å². The van der Waals surface area contributed by atoms with E-state index in [2.05, 4.69) is 5.32 Å². The van der Waals surface area contributed by atoms with Crippen molar-refractivity contribution in [3.05, 3.63) is 125 Å². The lowest BCUT2D eigenvalue weighted by Gasteiger charge is -2.25. The van der Waals surface area contributed by atoms with Gasteiger partial charge >= 0.3 is 11.9 Å². The highest BCUT2D eigenvalue weighted by Gasteiger charge is 2.25. The number of nitrogens with one attached hydrogen (secondary N) is 1. The third-order valence-electron chi connectivity index (χ3n) is 6.01. The average molecular weight is 559 g/mol. The van der Waals surface area contributed by atoms with Crippen molar-refractivity contribution in [3.63, 3.8) is 0 Å². The van der Waals surface area contributed by atoms with Crippen LogP contribution in [0.25, 0.3) is 0 Å². The van der Waals surface area contributed by atoms with E-state index in [9.17, 15) is 22.8 Å². The summed E-state index contributed by atoms with van der Waals surface area (Å²) < 4.78 is 37.8. The summed E-state index contributed by atoms with van der Waals surface area (Å²) in [5, 5.41) is 2.64. The molecule has 0 atom stereocenters. The van der Waals surface area contributed by atoms with Crippen LogP contribution in [0.4, 0.5) is 11.4 Å². The molecule has 0 aliphatic carbocycles. The average Bonchev–Trinajstić information content (AvgIpc) is 3.00. The summed E-state index contributed by atoms with van der Waals surface area (Å²) in [6.07, 6.45) is 0. The monoisotopic (exact) mass is 558 g/mol. The van der Waals surface area contributed by atoms with Gasteiger partial charge < -0.3 is 14.8 Å². The molecule has 10 heteroatoms. The van der Waals surface area contributed by atoms with E-state index in [0.29, 0.717) is 11.3 Å². The summed E-state index contributed by atoms with van der Waals surface area (Å²) in [6, 6.07) is 27.4. The highest BCUT2D eigenvalue weighted by Crippen LogP contribution is 2.26. The van der Waals surface area contributed by atoms with Gasteiger partial charge in [-0.3, -0.25) is 9.10 Å². The van der Waals surface area contributed by atoms with Crippen molar-refractivity contribution in [3.8, 4) is 0 Å². The minimum absolute atomic E-state index is 0.0246. The summed E-state index contributed by atoms with van der Waals surface area (Å²) in [4.78, 5) is 37.4. The Morgan fingerprint density at radius 2 is 1.30 bits per heavy atom. The van der Waals surface area contributed by atoms with Gasteiger partial charge in [0.15, 0.2) is 0 Å². The fraction of sp³-hybridized carbons (Fsp3) is 0.100. The lowest BCUT2D eigenvalue weighted by molar-refractivity contribution is 0.0587. The fourth-order valence-corrected chi connectivity index (χ4v) is 5.41. The standard InChI is InChI=1S/C30H26N2O7S/c1-38-29(34)23-17-18-26(30(35)39-2)27(19-23)31-28(33)22-15-13-21(14-16-22)20-32(24-9-5-3-6-10-24)40(36,37)25-11-7-4-8-12-25/h3-19H,20H2,1-2H3,(H,31,33). The second-order valence-electron chi connectivity index (χ2n) is 8.55. The van der Waals surface area contributed by atoms with Crippen LogP contribution in [0.15, 0.2) is 108 Å². The minimum Gasteiger partial charge on any atom is -0.465 e. The van der Waals surface area contributed by atoms with E-state index in [1.807, 2.05) is 0 Å². The first-order valence-corrected chi connectivity index (χ1v) is 13.5. The Morgan fingerprint density at radius 1 is 0.725 bits per heavy atom. The highest BCUT2D eigenvalue weighted by atomic mass is 32.2. The number of nitrogens with zero attached hydrogens (tertiary/aromatic N) is 1. The highest BCUT2D eigenvalue weighted by molar-refractivity contribution is 7.92. The van der Waals surface area contributed by atoms with Gasteiger partial charge in [0.25, 0.3) is 15.9 Å². The third-order valence-corrected chi connectivity index (χ3v) is 7.80. The van der Waals surface area contributed by atoms with Crippen LogP contribution < -0.4 is 9.62 Å². The first-order chi connectivity index (χ1) is 19.2. The number of methoxy groups -OCH3 is 2. The van der Waals surface area contributed by atoms with Crippen molar-refractivity contribution in [1.82, 2.24) is 0 Å². The van der Waals surface area contributed by atoms with E-state index in [0.717, 1.165) is 0 Å². The van der Waals surface area contributed by atoms with Crippen LogP contribution >= 0.6 is 0 Å². The Bertz CT molecular complexity index is 1620. The number of ether oxygens (including phenoxy) is 2. The Labute approximate surface area is 232 Å². The van der Waals surface area contributed by atoms with E-state index < -0.39 is 27.9 Å². The molecular weight excluding hydrogens is 532 g/mol. The van der Waals surface area contributed by atoms with Crippen molar-refractivity contribution < 1.29 is 32.3 Å². The molecule has 0 unspecified atom stereocenters. The second kappa shape index (κ2) is 12.3. The number of hydrogen-bond acceptors (Lipinski definition) is 7. The molecule has 40 heavy (non-hydrogen) atoms. The largest absolute Gasteiger partial charge is 0.465 e. The SMILES string of the molecule is COC(=O)c1ccc(C(=O)OC)c(NC(=O)c2ccc(CN(c3ccccc3)S(=O)(=O)c3ccccc3)cc2)c1. The lowest BCUT2D eigenvalue weighted by atomic mass is 10.1. The number of hydrogen-bond donors (Lipinski definition) is 1. The number of amides is 1. The summed E-state index contributed by atoms with van der Waals surface area (Å²) in [5.41, 5.74) is 1.66. The maximum Gasteiger partial charge on any atom is 0.339 e. The van der Waals surface area contributed by atoms with E-state index in [4.69, 9.17) is 9.47 Å². The van der Waals surface area contributed by atoms with Crippen LogP contribution in [0.5, 0.6) is 0 Å². The van der Waals surface area contributed by atoms with E-state index in [1.54, 1.807) is 72.8 Å². The van der Waals surface area contributed by atoms with Crippen LogP contribution in [0.1, 0.15) is 36.6 Å². The zero-order valence-electron chi connectivity index (χ0n) is 21.7. The normalized spacial score (nSPS) is 10.8. The van der Waals surface area contributed by atoms with Crippen LogP contribution in [0, 0.1) is 0 Å². The van der Waals surface area contributed by atoms with Crippen LogP contribution in [-0.4, -0.2) is 40.5 Å². The molecule has 1 amide bonds. The molecule has 0 aliphatic heterocycles. The first kappa shape index (κ1) is 28.1. The molecule has 0 spiro atoms. The third kappa shape index (κ3) is 6.19. The maximum atomic E-state index is 13.5. The number of rotatable bonds is 9. The van der Waals surface area contributed by atoms with Gasteiger partial charge in [-0.2, -0.15) is 0 Å². The number of benzene rings is 4. The van der Waals surface area contributed by atoms with Gasteiger partial charge in [0.05, 0.1) is 48.2 Å². The molecule has 0 saturated carbocycles. The Morgan fingerprint density at radius 3 is 1.90 bits per heavy atom. The second-order valence-corrected chi connectivity index (χ2v) is 10.4. The van der Waals surface area contributed by atoms with Crippen molar-refractivity contribution in [1.29, 1.82) is 0 Å². The molecule has 0 aliphatic rings. The number of sulfonamides is 1. The number of carbonyl (C=O) groups is 3. The zero-order chi connectivity index (χ0) is 28.7. The summed E-state index contributed by atoms with van der Waals surface area (Å²) in [7, 11) is -1.45. The van der Waals surface area contributed by atoms with E-state index in [-0.39, 0.29) is 33.8 Å². The van der Waals surface area contributed by atoms with Gasteiger partial charge in [-0.1, -0.05) is 48.5 Å². The van der Waals surface area contributed by atoms with Crippen molar-refractivity contribution in [2.75, 3.05) is 23.8 Å². The van der Waals surface area contributed by atoms with Crippen molar-refractivity contribution in [2.24, 2.45) is 0 Å². The lowest BCUT2D eigenvalue weighted by Crippen LogP contribution is -2.30. The molecule has 1 N–H and O–H groups in total. The molecule has 0 saturated heterocycles. The number of anilines is 2. The van der Waals surface area contributed by atoms with E-state index in [1.165, 1.54) is 48.9 Å². The number of para-hydroxylation sites is 1. The topological polar surface area (TPSA) is 119 Å². The molecule has 0 radical (unpaired) electrons. The van der Waals surface area contributed by atoms with Crippen LogP contribution in [0.3, 0.4) is 0 Å². The summed E-state index contributed by atoms with van der Waals surface area (Å²) in [5.74, 6) is -1.87. The molecule has 204 valence electrons. The minimum atomic E-state index is -3.88. The molecular formula is C30H26N2O7S. The van der Waals surface area contributed by atoms with Crippen LogP contribution in [0.2, 0.25) is 0 Å². The van der Waals surface area contributed by atoms with Gasteiger partial charge in [-0.25, -0.2) is 18.0 Å². The van der Waals surface area contributed by atoms with Gasteiger partial charge in [0.2, 0.25) is 0 Å². The molecule has 0 aromatic heterocycles. The summed E-state index contributed by atoms with van der Waals surface area (Å²) >= 11 is 0. The van der Waals surface area contributed by atoms with Crippen LogP contribution in [-0.2, 0) is 26.0 Å². The van der Waals surface area contributed by atoms with Crippen molar-refractivity contribution in [2.45, 2.75) is 11.4 Å². The maximum absolute atomic E-state index is 13.5. The predicted octanol–water partition coefficient (Wildman–Crippen LogP) is 4.91.